The van der Waals surface area contributed by atoms with E-state index >= 15 is 0 Å². The Labute approximate surface area is 222 Å². The van der Waals surface area contributed by atoms with Gasteiger partial charge in [0.15, 0.2) is 0 Å². The Kier molecular flexibility index (Phi) is 5.35. The lowest BCUT2D eigenvalue weighted by atomic mass is 10.1. The summed E-state index contributed by atoms with van der Waals surface area (Å²) in [5.74, 6) is 2.05. The van der Waals surface area contributed by atoms with Crippen LogP contribution in [0.2, 0.25) is 0 Å². The van der Waals surface area contributed by atoms with Crippen molar-refractivity contribution in [1.29, 1.82) is 0 Å². The molecule has 2 fully saturated rings. The van der Waals surface area contributed by atoms with E-state index in [9.17, 15) is 0 Å². The zero-order chi connectivity index (χ0) is 24.2. The lowest BCUT2D eigenvalue weighted by molar-refractivity contribution is 0.514. The number of H-pyrrole nitrogens is 2. The second-order valence-electron chi connectivity index (χ2n) is 9.85. The Balaban J connectivity index is 1.29. The molecule has 8 nitrogen and oxygen atoms in total. The highest BCUT2D eigenvalue weighted by Gasteiger charge is 2.25. The van der Waals surface area contributed by atoms with E-state index in [2.05, 4.69) is 78.9 Å². The molecule has 0 radical (unpaired) electrons. The second-order valence-corrected chi connectivity index (χ2v) is 11.1. The number of hydrogen-bond acceptors (Lipinski definition) is 6. The van der Waals surface area contributed by atoms with Crippen molar-refractivity contribution in [2.75, 3.05) is 36.0 Å². The SMILES string of the molecule is NC1CN(c2cc(I)cc(-c3ccc4[nH]nc(-c5cc6c(N7CCCCC7)nccc6[nH]5)c4c3)n2)C1. The molecule has 0 atom stereocenters. The van der Waals surface area contributed by atoms with Crippen molar-refractivity contribution >= 4 is 56.0 Å². The summed E-state index contributed by atoms with van der Waals surface area (Å²) in [5, 5.41) is 10.1. The minimum absolute atomic E-state index is 0.236. The first kappa shape index (κ1) is 22.1. The molecule has 182 valence electrons. The highest BCUT2D eigenvalue weighted by molar-refractivity contribution is 14.1. The van der Waals surface area contributed by atoms with Gasteiger partial charge in [-0.15, -0.1) is 0 Å². The summed E-state index contributed by atoms with van der Waals surface area (Å²) in [4.78, 5) is 18.0. The van der Waals surface area contributed by atoms with Crippen LogP contribution in [0.5, 0.6) is 0 Å². The molecule has 2 aliphatic heterocycles. The van der Waals surface area contributed by atoms with Gasteiger partial charge in [0.1, 0.15) is 17.3 Å². The molecular weight excluding hydrogens is 563 g/mol. The third-order valence-corrected chi connectivity index (χ3v) is 7.93. The zero-order valence-electron chi connectivity index (χ0n) is 19.8. The average molecular weight is 590 g/mol. The first-order chi connectivity index (χ1) is 17.6. The molecule has 0 aliphatic carbocycles. The van der Waals surface area contributed by atoms with Gasteiger partial charge in [0.05, 0.1) is 22.4 Å². The molecule has 2 aliphatic rings. The van der Waals surface area contributed by atoms with Crippen molar-refractivity contribution < 1.29 is 0 Å². The number of benzene rings is 1. The molecule has 7 rings (SSSR count). The minimum Gasteiger partial charge on any atom is -0.356 e. The number of aromatic amines is 2. The summed E-state index contributed by atoms with van der Waals surface area (Å²) in [6, 6.07) is 15.1. The molecule has 36 heavy (non-hydrogen) atoms. The number of rotatable bonds is 4. The Morgan fingerprint density at radius 3 is 2.61 bits per heavy atom. The van der Waals surface area contributed by atoms with E-state index in [1.165, 1.54) is 19.3 Å². The lowest BCUT2D eigenvalue weighted by Crippen LogP contribution is -2.56. The van der Waals surface area contributed by atoms with Crippen molar-refractivity contribution in [3.8, 4) is 22.6 Å². The van der Waals surface area contributed by atoms with Crippen molar-refractivity contribution in [1.82, 2.24) is 25.1 Å². The highest BCUT2D eigenvalue weighted by Crippen LogP contribution is 2.35. The molecule has 6 heterocycles. The fourth-order valence-corrected chi connectivity index (χ4v) is 5.97. The third-order valence-electron chi connectivity index (χ3n) is 7.31. The van der Waals surface area contributed by atoms with Crippen LogP contribution in [0.3, 0.4) is 0 Å². The van der Waals surface area contributed by atoms with E-state index in [-0.39, 0.29) is 6.04 Å². The molecular formula is C27H27IN8. The number of nitrogens with two attached hydrogens (primary N) is 1. The van der Waals surface area contributed by atoms with Gasteiger partial charge in [-0.05, 0) is 78.3 Å². The molecule has 4 N–H and O–H groups in total. The summed E-state index contributed by atoms with van der Waals surface area (Å²) in [7, 11) is 0. The standard InChI is InChI=1S/C27H27IN8/c28-17-11-23(32-25(12-17)36-14-18(29)15-36)16-4-5-22-19(10-16)26(34-33-22)24-13-20-21(31-24)6-7-30-27(20)35-8-2-1-3-9-35/h4-7,10-13,18,31H,1-3,8-9,14-15,29H2,(H,33,34). The number of nitrogens with zero attached hydrogens (tertiary/aromatic N) is 5. The maximum absolute atomic E-state index is 6.00. The van der Waals surface area contributed by atoms with E-state index in [1.807, 2.05) is 12.3 Å². The van der Waals surface area contributed by atoms with Crippen molar-refractivity contribution in [2.24, 2.45) is 5.73 Å². The van der Waals surface area contributed by atoms with Gasteiger partial charge >= 0.3 is 0 Å². The Bertz CT molecular complexity index is 1580. The Morgan fingerprint density at radius 2 is 1.78 bits per heavy atom. The number of fused-ring (bicyclic) bond motifs is 2. The smallest absolute Gasteiger partial charge is 0.137 e. The molecule has 1 aromatic carbocycles. The predicted molar refractivity (Wildman–Crippen MR) is 153 cm³/mol. The minimum atomic E-state index is 0.236. The summed E-state index contributed by atoms with van der Waals surface area (Å²) in [5.41, 5.74) is 12.0. The first-order valence-electron chi connectivity index (χ1n) is 12.5. The fraction of sp³-hybridized carbons (Fsp3) is 0.296. The number of hydrogen-bond donors (Lipinski definition) is 3. The molecule has 0 bridgehead atoms. The van der Waals surface area contributed by atoms with Crippen LogP contribution < -0.4 is 15.5 Å². The van der Waals surface area contributed by atoms with E-state index in [1.54, 1.807) is 0 Å². The highest BCUT2D eigenvalue weighted by atomic mass is 127. The van der Waals surface area contributed by atoms with Crippen LogP contribution in [0.15, 0.2) is 48.7 Å². The molecule has 9 heteroatoms. The molecule has 5 aromatic rings. The van der Waals surface area contributed by atoms with E-state index in [0.29, 0.717) is 0 Å². The van der Waals surface area contributed by atoms with Gasteiger partial charge in [-0.2, -0.15) is 5.10 Å². The third kappa shape index (κ3) is 3.81. The van der Waals surface area contributed by atoms with Crippen LogP contribution in [0.25, 0.3) is 44.5 Å². The summed E-state index contributed by atoms with van der Waals surface area (Å²) >= 11 is 2.37. The zero-order valence-corrected chi connectivity index (χ0v) is 22.0. The van der Waals surface area contributed by atoms with Gasteiger partial charge in [0.2, 0.25) is 0 Å². The van der Waals surface area contributed by atoms with Crippen LogP contribution in [0, 0.1) is 3.57 Å². The van der Waals surface area contributed by atoms with Crippen LogP contribution in [-0.2, 0) is 0 Å². The quantitative estimate of drug-likeness (QED) is 0.257. The summed E-state index contributed by atoms with van der Waals surface area (Å²) in [6.07, 6.45) is 5.65. The fourth-order valence-electron chi connectivity index (χ4n) is 5.40. The van der Waals surface area contributed by atoms with Crippen LogP contribution >= 0.6 is 22.6 Å². The van der Waals surface area contributed by atoms with Gasteiger partial charge in [0, 0.05) is 58.3 Å². The molecule has 0 unspecified atom stereocenters. The normalized spacial score (nSPS) is 16.7. The van der Waals surface area contributed by atoms with Gasteiger partial charge in [0.25, 0.3) is 0 Å². The number of anilines is 2. The van der Waals surface area contributed by atoms with Gasteiger partial charge in [-0.3, -0.25) is 5.10 Å². The topological polar surface area (TPSA) is 103 Å². The lowest BCUT2D eigenvalue weighted by Gasteiger charge is -2.38. The number of pyridine rings is 2. The monoisotopic (exact) mass is 590 g/mol. The van der Waals surface area contributed by atoms with E-state index in [0.717, 1.165) is 85.8 Å². The van der Waals surface area contributed by atoms with Crippen molar-refractivity contribution in [3.63, 3.8) is 0 Å². The summed E-state index contributed by atoms with van der Waals surface area (Å²) < 4.78 is 1.16. The van der Waals surface area contributed by atoms with Crippen molar-refractivity contribution in [3.05, 3.63) is 52.2 Å². The van der Waals surface area contributed by atoms with Crippen LogP contribution in [0.4, 0.5) is 11.6 Å². The molecule has 0 amide bonds. The maximum atomic E-state index is 6.00. The van der Waals surface area contributed by atoms with Crippen LogP contribution in [0.1, 0.15) is 19.3 Å². The Hall–Kier alpha value is -3.18. The van der Waals surface area contributed by atoms with Crippen LogP contribution in [-0.4, -0.2) is 57.4 Å². The number of nitrogens with one attached hydrogen (secondary N) is 2. The van der Waals surface area contributed by atoms with Gasteiger partial charge in [-0.1, -0.05) is 6.07 Å². The molecule has 0 saturated carbocycles. The molecule has 0 spiro atoms. The number of piperidine rings is 1. The average Bonchev–Trinajstić information content (AvgIpc) is 3.50. The van der Waals surface area contributed by atoms with Crippen molar-refractivity contribution in [2.45, 2.75) is 25.3 Å². The predicted octanol–water partition coefficient (Wildman–Crippen LogP) is 4.91. The maximum Gasteiger partial charge on any atom is 0.137 e. The van der Waals surface area contributed by atoms with Gasteiger partial charge < -0.3 is 20.5 Å². The van der Waals surface area contributed by atoms with E-state index < -0.39 is 0 Å². The largest absolute Gasteiger partial charge is 0.356 e. The molecule has 4 aromatic heterocycles. The number of aromatic nitrogens is 5. The molecule has 2 saturated heterocycles. The number of halogens is 1. The Morgan fingerprint density at radius 1 is 0.917 bits per heavy atom. The first-order valence-corrected chi connectivity index (χ1v) is 13.6. The summed E-state index contributed by atoms with van der Waals surface area (Å²) in [6.45, 7) is 3.84. The van der Waals surface area contributed by atoms with Gasteiger partial charge in [-0.25, -0.2) is 9.97 Å². The van der Waals surface area contributed by atoms with E-state index in [4.69, 9.17) is 20.8 Å². The second kappa shape index (κ2) is 8.74.